The quantitative estimate of drug-likeness (QED) is 0.879. The molecule has 2 atom stereocenters. The maximum absolute atomic E-state index is 12.5. The summed E-state index contributed by atoms with van der Waals surface area (Å²) in [6, 6.07) is 4.94. The number of hydrogen-bond acceptors (Lipinski definition) is 4. The van der Waals surface area contributed by atoms with Crippen molar-refractivity contribution in [3.05, 3.63) is 23.8 Å². The molecule has 1 saturated heterocycles. The van der Waals surface area contributed by atoms with Gasteiger partial charge in [0.15, 0.2) is 0 Å². The number of hydrogen-bond donors (Lipinski definition) is 2. The SMILES string of the molecule is COc1ccc(S(=O)(=O)NC2CNCCC2C)c(C)c1. The number of aryl methyl sites for hydroxylation is 1. The fraction of sp³-hybridized carbons (Fsp3) is 0.571. The number of ether oxygens (including phenoxy) is 1. The van der Waals surface area contributed by atoms with Gasteiger partial charge in [-0.15, -0.1) is 0 Å². The van der Waals surface area contributed by atoms with E-state index in [0.29, 0.717) is 28.7 Å². The number of piperidine rings is 1. The van der Waals surface area contributed by atoms with Gasteiger partial charge in [-0.25, -0.2) is 13.1 Å². The van der Waals surface area contributed by atoms with Crippen molar-refractivity contribution in [2.24, 2.45) is 5.92 Å². The molecule has 112 valence electrons. The summed E-state index contributed by atoms with van der Waals surface area (Å²) in [7, 11) is -1.93. The molecule has 0 spiro atoms. The predicted molar refractivity (Wildman–Crippen MR) is 78.5 cm³/mol. The van der Waals surface area contributed by atoms with Crippen LogP contribution < -0.4 is 14.8 Å². The molecule has 0 radical (unpaired) electrons. The van der Waals surface area contributed by atoms with Crippen molar-refractivity contribution in [1.82, 2.24) is 10.0 Å². The fourth-order valence-corrected chi connectivity index (χ4v) is 4.03. The Balaban J connectivity index is 2.21. The molecule has 5 nitrogen and oxygen atoms in total. The lowest BCUT2D eigenvalue weighted by Gasteiger charge is -2.30. The Morgan fingerprint density at radius 2 is 2.15 bits per heavy atom. The van der Waals surface area contributed by atoms with Gasteiger partial charge in [-0.1, -0.05) is 6.92 Å². The fourth-order valence-electron chi connectivity index (χ4n) is 2.46. The summed E-state index contributed by atoms with van der Waals surface area (Å²) in [6.07, 6.45) is 0.981. The van der Waals surface area contributed by atoms with Crippen LogP contribution in [0.5, 0.6) is 5.75 Å². The zero-order valence-corrected chi connectivity index (χ0v) is 13.0. The van der Waals surface area contributed by atoms with E-state index < -0.39 is 10.0 Å². The van der Waals surface area contributed by atoms with Gasteiger partial charge in [0.25, 0.3) is 0 Å². The Bertz CT molecular complexity index is 572. The third kappa shape index (κ3) is 3.31. The second-order valence-electron chi connectivity index (χ2n) is 5.33. The molecule has 0 bridgehead atoms. The van der Waals surface area contributed by atoms with Gasteiger partial charge in [-0.3, -0.25) is 0 Å². The van der Waals surface area contributed by atoms with Gasteiger partial charge in [-0.2, -0.15) is 0 Å². The van der Waals surface area contributed by atoms with Gasteiger partial charge in [-0.05, 0) is 49.6 Å². The Morgan fingerprint density at radius 3 is 2.75 bits per heavy atom. The summed E-state index contributed by atoms with van der Waals surface area (Å²) in [4.78, 5) is 0.316. The standard InChI is InChI=1S/C14H22N2O3S/c1-10-6-7-15-9-13(10)16-20(17,18)14-5-4-12(19-3)8-11(14)2/h4-5,8,10,13,15-16H,6-7,9H2,1-3H3. The average molecular weight is 298 g/mol. The second-order valence-corrected chi connectivity index (χ2v) is 7.01. The number of sulfonamides is 1. The molecule has 1 fully saturated rings. The summed E-state index contributed by atoms with van der Waals surface area (Å²) >= 11 is 0. The first-order valence-electron chi connectivity index (χ1n) is 6.81. The van der Waals surface area contributed by atoms with Crippen LogP contribution in [-0.2, 0) is 10.0 Å². The Labute approximate surface area is 120 Å². The molecule has 1 heterocycles. The van der Waals surface area contributed by atoms with Gasteiger partial charge in [0, 0.05) is 12.6 Å². The minimum absolute atomic E-state index is 0.0600. The van der Waals surface area contributed by atoms with Crippen LogP contribution in [0.25, 0.3) is 0 Å². The van der Waals surface area contributed by atoms with Crippen LogP contribution >= 0.6 is 0 Å². The maximum Gasteiger partial charge on any atom is 0.241 e. The summed E-state index contributed by atoms with van der Waals surface area (Å²) in [6.45, 7) is 5.48. The highest BCUT2D eigenvalue weighted by Gasteiger charge is 2.27. The third-order valence-corrected chi connectivity index (χ3v) is 5.46. The second kappa shape index (κ2) is 6.11. The molecular formula is C14H22N2O3S. The largest absolute Gasteiger partial charge is 0.497 e. The molecular weight excluding hydrogens is 276 g/mol. The zero-order chi connectivity index (χ0) is 14.8. The Morgan fingerprint density at radius 1 is 1.40 bits per heavy atom. The van der Waals surface area contributed by atoms with Crippen LogP contribution in [0.4, 0.5) is 0 Å². The van der Waals surface area contributed by atoms with Crippen molar-refractivity contribution < 1.29 is 13.2 Å². The zero-order valence-electron chi connectivity index (χ0n) is 12.1. The van der Waals surface area contributed by atoms with Crippen molar-refractivity contribution in [2.45, 2.75) is 31.2 Å². The molecule has 1 aliphatic heterocycles. The van der Waals surface area contributed by atoms with E-state index in [1.54, 1.807) is 32.2 Å². The summed E-state index contributed by atoms with van der Waals surface area (Å²) in [5.74, 6) is 0.999. The summed E-state index contributed by atoms with van der Waals surface area (Å²) in [5.41, 5.74) is 0.688. The van der Waals surface area contributed by atoms with Crippen LogP contribution in [0, 0.1) is 12.8 Å². The molecule has 2 unspecified atom stereocenters. The maximum atomic E-state index is 12.5. The third-order valence-electron chi connectivity index (χ3n) is 3.81. The first-order valence-corrected chi connectivity index (χ1v) is 8.30. The summed E-state index contributed by atoms with van der Waals surface area (Å²) in [5, 5.41) is 3.23. The Kier molecular flexibility index (Phi) is 4.67. The first kappa shape index (κ1) is 15.3. The normalized spacial score (nSPS) is 23.6. The highest BCUT2D eigenvalue weighted by atomic mass is 32.2. The van der Waals surface area contributed by atoms with Crippen molar-refractivity contribution in [3.8, 4) is 5.75 Å². The molecule has 0 amide bonds. The molecule has 0 saturated carbocycles. The number of nitrogens with one attached hydrogen (secondary N) is 2. The number of benzene rings is 1. The molecule has 2 N–H and O–H groups in total. The molecule has 1 aliphatic rings. The Hall–Kier alpha value is -1.11. The number of methoxy groups -OCH3 is 1. The lowest BCUT2D eigenvalue weighted by atomic mass is 9.96. The van der Waals surface area contributed by atoms with Gasteiger partial charge in [0.05, 0.1) is 12.0 Å². The predicted octanol–water partition coefficient (Wildman–Crippen LogP) is 1.28. The van der Waals surface area contributed by atoms with Gasteiger partial charge < -0.3 is 10.1 Å². The van der Waals surface area contributed by atoms with Crippen LogP contribution in [0.3, 0.4) is 0 Å². The monoisotopic (exact) mass is 298 g/mol. The van der Waals surface area contributed by atoms with Crippen molar-refractivity contribution >= 4 is 10.0 Å². The van der Waals surface area contributed by atoms with Crippen molar-refractivity contribution in [2.75, 3.05) is 20.2 Å². The highest BCUT2D eigenvalue weighted by molar-refractivity contribution is 7.89. The molecule has 0 aliphatic carbocycles. The van der Waals surface area contributed by atoms with E-state index in [-0.39, 0.29) is 6.04 Å². The van der Waals surface area contributed by atoms with E-state index in [1.807, 2.05) is 0 Å². The van der Waals surface area contributed by atoms with Crippen LogP contribution in [0.1, 0.15) is 18.9 Å². The minimum Gasteiger partial charge on any atom is -0.497 e. The van der Waals surface area contributed by atoms with Crippen molar-refractivity contribution in [3.63, 3.8) is 0 Å². The average Bonchev–Trinajstić information content (AvgIpc) is 2.40. The lowest BCUT2D eigenvalue weighted by Crippen LogP contribution is -2.50. The van der Waals surface area contributed by atoms with E-state index in [2.05, 4.69) is 17.0 Å². The van der Waals surface area contributed by atoms with Crippen LogP contribution in [0.2, 0.25) is 0 Å². The van der Waals surface area contributed by atoms with Gasteiger partial charge >= 0.3 is 0 Å². The molecule has 1 aromatic rings. The van der Waals surface area contributed by atoms with Crippen LogP contribution in [0.15, 0.2) is 23.1 Å². The number of rotatable bonds is 4. The van der Waals surface area contributed by atoms with Gasteiger partial charge in [0.2, 0.25) is 10.0 Å². The van der Waals surface area contributed by atoms with Crippen LogP contribution in [-0.4, -0.2) is 34.7 Å². The van der Waals surface area contributed by atoms with Crippen molar-refractivity contribution in [1.29, 1.82) is 0 Å². The lowest BCUT2D eigenvalue weighted by molar-refractivity contribution is 0.327. The molecule has 2 rings (SSSR count). The van der Waals surface area contributed by atoms with E-state index in [0.717, 1.165) is 13.0 Å². The molecule has 0 aromatic heterocycles. The molecule has 1 aromatic carbocycles. The molecule has 6 heteroatoms. The van der Waals surface area contributed by atoms with E-state index in [1.165, 1.54) is 0 Å². The summed E-state index contributed by atoms with van der Waals surface area (Å²) < 4.78 is 32.9. The highest BCUT2D eigenvalue weighted by Crippen LogP contribution is 2.22. The topological polar surface area (TPSA) is 67.4 Å². The first-order chi connectivity index (χ1) is 9.44. The molecule has 20 heavy (non-hydrogen) atoms. The van der Waals surface area contributed by atoms with E-state index in [9.17, 15) is 8.42 Å². The van der Waals surface area contributed by atoms with E-state index in [4.69, 9.17) is 4.74 Å². The smallest absolute Gasteiger partial charge is 0.241 e. The van der Waals surface area contributed by atoms with E-state index >= 15 is 0 Å². The van der Waals surface area contributed by atoms with Gasteiger partial charge in [0.1, 0.15) is 5.75 Å². The minimum atomic E-state index is -3.49.